The van der Waals surface area contributed by atoms with E-state index in [9.17, 15) is 14.4 Å². The second-order valence-corrected chi connectivity index (χ2v) is 19.7. The summed E-state index contributed by atoms with van der Waals surface area (Å²) in [6.07, 6.45) is 53.9. The molecule has 1 atom stereocenters. The average molecular weight is 877 g/mol. The lowest BCUT2D eigenvalue weighted by molar-refractivity contribution is -0.167. The summed E-state index contributed by atoms with van der Waals surface area (Å²) < 4.78 is 16.8. The molecule has 0 aliphatic rings. The first-order chi connectivity index (χ1) is 30.4. The van der Waals surface area contributed by atoms with Crippen LogP contribution in [0.3, 0.4) is 0 Å². The largest absolute Gasteiger partial charge is 0.462 e. The predicted molar refractivity (Wildman–Crippen MR) is 266 cm³/mol. The number of rotatable bonds is 51. The molecule has 0 aromatic rings. The molecule has 0 rings (SSSR count). The summed E-state index contributed by atoms with van der Waals surface area (Å²) in [5.41, 5.74) is 0. The molecule has 0 aromatic carbocycles. The van der Waals surface area contributed by atoms with Crippen LogP contribution < -0.4 is 0 Å². The van der Waals surface area contributed by atoms with Crippen molar-refractivity contribution in [3.63, 3.8) is 0 Å². The van der Waals surface area contributed by atoms with Gasteiger partial charge in [0.15, 0.2) is 6.10 Å². The predicted octanol–water partition coefficient (Wildman–Crippen LogP) is 18.2. The van der Waals surface area contributed by atoms with Crippen LogP contribution in [0.5, 0.6) is 0 Å². The monoisotopic (exact) mass is 877 g/mol. The maximum absolute atomic E-state index is 12.8. The number of unbranched alkanes of at least 4 members (excludes halogenated alkanes) is 38. The number of carbonyl (C=O) groups is 3. The summed E-state index contributed by atoms with van der Waals surface area (Å²) in [6, 6.07) is 0. The standard InChI is InChI=1S/C56H108O6/c1-5-7-9-11-13-15-17-19-21-23-24-26-28-30-32-36-41-45-49-56(59)62-53(51-61-55(58)48-44-40-37-33-34-38-42-46-52(3)4)50-60-54(57)47-43-39-35-31-29-27-25-22-20-18-16-14-12-10-8-6-2/h52-53H,5-51H2,1-4H3/t53-/m1/s1. The Bertz CT molecular complexity index is 933. The van der Waals surface area contributed by atoms with Gasteiger partial charge < -0.3 is 14.2 Å². The smallest absolute Gasteiger partial charge is 0.306 e. The normalized spacial score (nSPS) is 12.0. The molecule has 0 heterocycles. The van der Waals surface area contributed by atoms with Gasteiger partial charge in [0.2, 0.25) is 0 Å². The van der Waals surface area contributed by atoms with E-state index in [-0.39, 0.29) is 31.1 Å². The van der Waals surface area contributed by atoms with Gasteiger partial charge in [-0.25, -0.2) is 0 Å². The molecule has 0 bridgehead atoms. The van der Waals surface area contributed by atoms with Crippen molar-refractivity contribution in [1.82, 2.24) is 0 Å². The van der Waals surface area contributed by atoms with Gasteiger partial charge in [-0.3, -0.25) is 14.4 Å². The zero-order valence-electron chi connectivity index (χ0n) is 42.3. The number of hydrogen-bond donors (Lipinski definition) is 0. The van der Waals surface area contributed by atoms with E-state index in [1.165, 1.54) is 212 Å². The first-order valence-corrected chi connectivity index (χ1v) is 27.9. The molecule has 0 aliphatic heterocycles. The Labute approximate surface area is 387 Å². The molecule has 62 heavy (non-hydrogen) atoms. The van der Waals surface area contributed by atoms with Crippen LogP contribution in [0, 0.1) is 5.92 Å². The fraction of sp³-hybridized carbons (Fsp3) is 0.946. The summed E-state index contributed by atoms with van der Waals surface area (Å²) in [5, 5.41) is 0. The minimum atomic E-state index is -0.761. The fourth-order valence-corrected chi connectivity index (χ4v) is 8.57. The minimum absolute atomic E-state index is 0.0629. The molecule has 0 N–H and O–H groups in total. The lowest BCUT2D eigenvalue weighted by atomic mass is 10.0. The van der Waals surface area contributed by atoms with Gasteiger partial charge in [-0.2, -0.15) is 0 Å². The van der Waals surface area contributed by atoms with E-state index >= 15 is 0 Å². The highest BCUT2D eigenvalue weighted by Crippen LogP contribution is 2.18. The van der Waals surface area contributed by atoms with E-state index in [0.717, 1.165) is 63.7 Å². The zero-order chi connectivity index (χ0) is 45.2. The van der Waals surface area contributed by atoms with Gasteiger partial charge in [0, 0.05) is 19.3 Å². The van der Waals surface area contributed by atoms with E-state index in [2.05, 4.69) is 27.7 Å². The molecule has 0 saturated carbocycles. The topological polar surface area (TPSA) is 78.9 Å². The Morgan fingerprint density at radius 2 is 0.532 bits per heavy atom. The van der Waals surface area contributed by atoms with Gasteiger partial charge in [0.25, 0.3) is 0 Å². The SMILES string of the molecule is CCCCCCCCCCCCCCCCCCCCC(=O)O[C@H](COC(=O)CCCCCCCCCCCCCCCCCC)COC(=O)CCCCCCCCCC(C)C. The molecule has 0 radical (unpaired) electrons. The van der Waals surface area contributed by atoms with E-state index in [0.29, 0.717) is 19.3 Å². The van der Waals surface area contributed by atoms with Crippen LogP contribution in [0.15, 0.2) is 0 Å². The molecule has 0 amide bonds. The van der Waals surface area contributed by atoms with Crippen LogP contribution >= 0.6 is 0 Å². The van der Waals surface area contributed by atoms with Crippen molar-refractivity contribution in [2.75, 3.05) is 13.2 Å². The Hall–Kier alpha value is -1.59. The lowest BCUT2D eigenvalue weighted by Crippen LogP contribution is -2.30. The van der Waals surface area contributed by atoms with E-state index in [1.807, 2.05) is 0 Å². The third kappa shape index (κ3) is 49.4. The van der Waals surface area contributed by atoms with Gasteiger partial charge >= 0.3 is 17.9 Å². The Kier molecular flexibility index (Phi) is 49.1. The molecule has 6 nitrogen and oxygen atoms in total. The molecule has 0 aliphatic carbocycles. The highest BCUT2D eigenvalue weighted by Gasteiger charge is 2.19. The van der Waals surface area contributed by atoms with Crippen molar-refractivity contribution < 1.29 is 28.6 Å². The van der Waals surface area contributed by atoms with Gasteiger partial charge in [0.05, 0.1) is 0 Å². The molecular formula is C56H108O6. The van der Waals surface area contributed by atoms with Crippen LogP contribution in [-0.2, 0) is 28.6 Å². The summed E-state index contributed by atoms with van der Waals surface area (Å²) in [4.78, 5) is 38.0. The number of hydrogen-bond acceptors (Lipinski definition) is 6. The molecular weight excluding hydrogens is 769 g/mol. The summed E-state index contributed by atoms with van der Waals surface area (Å²) in [7, 11) is 0. The summed E-state index contributed by atoms with van der Waals surface area (Å²) >= 11 is 0. The second-order valence-electron chi connectivity index (χ2n) is 19.7. The summed E-state index contributed by atoms with van der Waals surface area (Å²) in [5.74, 6) is -0.0608. The maximum atomic E-state index is 12.8. The van der Waals surface area contributed by atoms with Crippen molar-refractivity contribution in [2.24, 2.45) is 5.92 Å². The van der Waals surface area contributed by atoms with Gasteiger partial charge in [-0.15, -0.1) is 0 Å². The molecule has 6 heteroatoms. The minimum Gasteiger partial charge on any atom is -0.462 e. The molecule has 0 aromatic heterocycles. The van der Waals surface area contributed by atoms with Crippen LogP contribution in [0.4, 0.5) is 0 Å². The van der Waals surface area contributed by atoms with Gasteiger partial charge in [-0.1, -0.05) is 278 Å². The number of carbonyl (C=O) groups excluding carboxylic acids is 3. The zero-order valence-corrected chi connectivity index (χ0v) is 42.3. The second kappa shape index (κ2) is 50.4. The van der Waals surface area contributed by atoms with Crippen molar-refractivity contribution in [3.05, 3.63) is 0 Å². The molecule has 0 spiro atoms. The third-order valence-corrected chi connectivity index (χ3v) is 12.8. The highest BCUT2D eigenvalue weighted by molar-refractivity contribution is 5.71. The van der Waals surface area contributed by atoms with Crippen molar-refractivity contribution in [3.8, 4) is 0 Å². The van der Waals surface area contributed by atoms with Crippen molar-refractivity contribution in [2.45, 2.75) is 323 Å². The lowest BCUT2D eigenvalue weighted by Gasteiger charge is -2.18. The Morgan fingerprint density at radius 1 is 0.306 bits per heavy atom. The average Bonchev–Trinajstić information content (AvgIpc) is 3.26. The van der Waals surface area contributed by atoms with Crippen LogP contribution in [0.1, 0.15) is 317 Å². The number of esters is 3. The van der Waals surface area contributed by atoms with Gasteiger partial charge in [0.1, 0.15) is 13.2 Å². The maximum Gasteiger partial charge on any atom is 0.306 e. The van der Waals surface area contributed by atoms with E-state index in [4.69, 9.17) is 14.2 Å². The van der Waals surface area contributed by atoms with Crippen molar-refractivity contribution in [1.29, 1.82) is 0 Å². The van der Waals surface area contributed by atoms with Crippen molar-refractivity contribution >= 4 is 17.9 Å². The number of ether oxygens (including phenoxy) is 3. The Morgan fingerprint density at radius 3 is 0.790 bits per heavy atom. The van der Waals surface area contributed by atoms with E-state index < -0.39 is 6.10 Å². The van der Waals surface area contributed by atoms with Crippen LogP contribution in [0.25, 0.3) is 0 Å². The Balaban J connectivity index is 4.25. The molecule has 0 saturated heterocycles. The first-order valence-electron chi connectivity index (χ1n) is 27.9. The van der Waals surface area contributed by atoms with E-state index in [1.54, 1.807) is 0 Å². The van der Waals surface area contributed by atoms with Crippen LogP contribution in [0.2, 0.25) is 0 Å². The van der Waals surface area contributed by atoms with Gasteiger partial charge in [-0.05, 0) is 25.2 Å². The molecule has 0 unspecified atom stereocenters. The highest BCUT2D eigenvalue weighted by atomic mass is 16.6. The third-order valence-electron chi connectivity index (χ3n) is 12.8. The quantitative estimate of drug-likeness (QED) is 0.0344. The molecule has 0 fully saturated rings. The fourth-order valence-electron chi connectivity index (χ4n) is 8.57. The summed E-state index contributed by atoms with van der Waals surface area (Å²) in [6.45, 7) is 9.00. The molecule has 368 valence electrons. The van der Waals surface area contributed by atoms with Crippen LogP contribution in [-0.4, -0.2) is 37.2 Å². The first kappa shape index (κ1) is 60.4.